The first-order valence-electron chi connectivity index (χ1n) is 8.56. The molecular weight excluding hydrogens is 491 g/mol. The van der Waals surface area contributed by atoms with E-state index >= 15 is 0 Å². The first-order valence-corrected chi connectivity index (χ1v) is 8.56. The van der Waals surface area contributed by atoms with Crippen molar-refractivity contribution in [2.24, 2.45) is 5.73 Å². The molecule has 0 bridgehead atoms. The summed E-state index contributed by atoms with van der Waals surface area (Å²) in [5.74, 6) is -5.52. The van der Waals surface area contributed by atoms with Crippen LogP contribution in [0.5, 0.6) is 0 Å². The van der Waals surface area contributed by atoms with Crippen LogP contribution in [-0.4, -0.2) is 146 Å². The Morgan fingerprint density at radius 3 is 1.09 bits per heavy atom. The minimum absolute atomic E-state index is 0. The van der Waals surface area contributed by atoms with Crippen molar-refractivity contribution in [1.29, 1.82) is 0 Å². The number of aliphatic hydroxyl groups is 3. The van der Waals surface area contributed by atoms with Gasteiger partial charge >= 0.3 is 78.4 Å². The minimum Gasteiger partial charge on any atom is -0.549 e. The van der Waals surface area contributed by atoms with Gasteiger partial charge in [0.2, 0.25) is 0 Å². The van der Waals surface area contributed by atoms with Crippen molar-refractivity contribution in [3.63, 3.8) is 0 Å². The van der Waals surface area contributed by atoms with Crippen molar-refractivity contribution in [3.8, 4) is 0 Å². The van der Waals surface area contributed by atoms with Crippen LogP contribution in [0.25, 0.3) is 0 Å². The molecular formula is C14H28BN3Na2O14. The predicted molar refractivity (Wildman–Crippen MR) is 98.8 cm³/mol. The Morgan fingerprint density at radius 2 is 0.941 bits per heavy atom. The third kappa shape index (κ3) is 33.8. The molecule has 0 aliphatic rings. The Morgan fingerprint density at radius 1 is 0.706 bits per heavy atom. The van der Waals surface area contributed by atoms with E-state index in [1.54, 1.807) is 0 Å². The molecule has 0 aromatic heterocycles. The average Bonchev–Trinajstić information content (AvgIpc) is 2.63. The van der Waals surface area contributed by atoms with Crippen LogP contribution in [0.1, 0.15) is 0 Å². The van der Waals surface area contributed by atoms with E-state index in [4.69, 9.17) is 46.3 Å². The number of aliphatic hydroxyl groups excluding tert-OH is 3. The van der Waals surface area contributed by atoms with E-state index in [1.807, 2.05) is 0 Å². The Labute approximate surface area is 239 Å². The molecule has 0 heterocycles. The Kier molecular flexibility index (Phi) is 33.0. The van der Waals surface area contributed by atoms with Gasteiger partial charge < -0.3 is 66.1 Å². The Hall–Kier alpha value is -0.415. The van der Waals surface area contributed by atoms with Crippen LogP contribution >= 0.6 is 0 Å². The summed E-state index contributed by atoms with van der Waals surface area (Å²) in [5, 5.41) is 84.6. The summed E-state index contributed by atoms with van der Waals surface area (Å²) in [6.45, 7) is -3.96. The number of carboxylic acids is 4. The van der Waals surface area contributed by atoms with Gasteiger partial charge in [-0.1, -0.05) is 0 Å². The van der Waals surface area contributed by atoms with Gasteiger partial charge in [0.25, 0.3) is 0 Å². The Balaban J connectivity index is -0.000000167. The first-order chi connectivity index (χ1) is 14.6. The number of hydrogen-bond donors (Lipinski definition) is 9. The molecule has 0 saturated carbocycles. The largest absolute Gasteiger partial charge is 1.00 e. The van der Waals surface area contributed by atoms with Gasteiger partial charge in [-0.3, -0.25) is 19.4 Å². The van der Waals surface area contributed by atoms with E-state index in [0.29, 0.717) is 0 Å². The molecule has 0 aliphatic carbocycles. The molecule has 17 nitrogen and oxygen atoms in total. The van der Waals surface area contributed by atoms with Crippen LogP contribution in [0.15, 0.2) is 0 Å². The number of rotatable bonds is 14. The fraction of sp³-hybridized carbons (Fsp3) is 0.714. The molecule has 188 valence electrons. The van der Waals surface area contributed by atoms with Crippen LogP contribution in [0, 0.1) is 0 Å². The van der Waals surface area contributed by atoms with Crippen LogP contribution in [0.2, 0.25) is 0 Å². The summed E-state index contributed by atoms with van der Waals surface area (Å²) in [6.07, 6.45) is 0. The molecule has 0 rings (SSSR count). The SMILES string of the molecule is NC(CO)(CO)CO.O=C([O-])CN(CCN(CC(=O)O)CC(=O)O)CC(=O)[O-].OB(O)O.[Na+].[Na+]. The standard InChI is InChI=1S/C10H16N2O8.C4H11NO3.BH3O3.2Na/c13-7(14)3-11(4-8(15)16)1-2-12(5-9(17)18)6-10(19)20;5-4(1-6,2-7)3-8;2-1(3)4;;/h1-6H2,(H,13,14)(H,15,16)(H,17,18)(H,19,20);6-8H,1-3,5H2;2-4H;;/q;;;2*+1/p-2. The monoisotopic (exact) mass is 519 g/mol. The van der Waals surface area contributed by atoms with Crippen molar-refractivity contribution in [3.05, 3.63) is 0 Å². The van der Waals surface area contributed by atoms with E-state index in [-0.39, 0.29) is 72.2 Å². The summed E-state index contributed by atoms with van der Waals surface area (Å²) in [5.41, 5.74) is 3.94. The molecule has 0 fully saturated rings. The molecule has 34 heavy (non-hydrogen) atoms. The number of carbonyl (C=O) groups is 4. The molecule has 0 atom stereocenters. The van der Waals surface area contributed by atoms with Crippen LogP contribution in [0.4, 0.5) is 0 Å². The molecule has 0 radical (unpaired) electrons. The molecule has 0 aromatic rings. The van der Waals surface area contributed by atoms with Crippen molar-refractivity contribution in [2.75, 3.05) is 59.1 Å². The zero-order valence-electron chi connectivity index (χ0n) is 18.9. The third-order valence-electron chi connectivity index (χ3n) is 3.10. The summed E-state index contributed by atoms with van der Waals surface area (Å²) in [6, 6.07) is 0. The molecule has 10 N–H and O–H groups in total. The van der Waals surface area contributed by atoms with Crippen LogP contribution in [0.3, 0.4) is 0 Å². The fourth-order valence-electron chi connectivity index (χ4n) is 1.61. The van der Waals surface area contributed by atoms with E-state index in [2.05, 4.69) is 0 Å². The van der Waals surface area contributed by atoms with Gasteiger partial charge in [0.1, 0.15) is 0 Å². The summed E-state index contributed by atoms with van der Waals surface area (Å²) < 4.78 is 0. The second-order valence-electron chi connectivity index (χ2n) is 6.14. The quantitative estimate of drug-likeness (QED) is 0.0962. The molecule has 0 amide bonds. The second-order valence-corrected chi connectivity index (χ2v) is 6.14. The zero-order valence-corrected chi connectivity index (χ0v) is 22.9. The van der Waals surface area contributed by atoms with E-state index < -0.39 is 82.7 Å². The maximum Gasteiger partial charge on any atom is 1.00 e. The summed E-state index contributed by atoms with van der Waals surface area (Å²) in [7, 11) is -2.17. The number of carbonyl (C=O) groups excluding carboxylic acids is 2. The van der Waals surface area contributed by atoms with E-state index in [1.165, 1.54) is 0 Å². The third-order valence-corrected chi connectivity index (χ3v) is 3.10. The van der Waals surface area contributed by atoms with E-state index in [9.17, 15) is 29.4 Å². The second kappa shape index (κ2) is 25.7. The van der Waals surface area contributed by atoms with Gasteiger partial charge in [0, 0.05) is 26.2 Å². The maximum atomic E-state index is 10.5. The van der Waals surface area contributed by atoms with Gasteiger partial charge in [-0.05, 0) is 0 Å². The van der Waals surface area contributed by atoms with Crippen molar-refractivity contribution < 1.29 is 129 Å². The van der Waals surface area contributed by atoms with Gasteiger partial charge in [-0.2, -0.15) is 0 Å². The molecule has 0 spiro atoms. The smallest absolute Gasteiger partial charge is 0.549 e. The Bertz CT molecular complexity index is 493. The van der Waals surface area contributed by atoms with Crippen LogP contribution in [-0.2, 0) is 19.2 Å². The topological polar surface area (TPSA) is 309 Å². The van der Waals surface area contributed by atoms with Gasteiger partial charge in [-0.15, -0.1) is 0 Å². The molecule has 0 aliphatic heterocycles. The summed E-state index contributed by atoms with van der Waals surface area (Å²) >= 11 is 0. The van der Waals surface area contributed by atoms with Crippen LogP contribution < -0.4 is 75.1 Å². The minimum atomic E-state index is -2.17. The van der Waals surface area contributed by atoms with Gasteiger partial charge in [0.05, 0.1) is 50.4 Å². The van der Waals surface area contributed by atoms with Gasteiger partial charge in [0.15, 0.2) is 0 Å². The van der Waals surface area contributed by atoms with Crippen molar-refractivity contribution in [1.82, 2.24) is 9.80 Å². The number of aliphatic carboxylic acids is 4. The predicted octanol–water partition coefficient (Wildman–Crippen LogP) is -15.1. The number of nitrogens with two attached hydrogens (primary N) is 1. The normalized spacial score (nSPS) is 9.91. The molecule has 0 unspecified atom stereocenters. The maximum absolute atomic E-state index is 10.5. The molecule has 20 heteroatoms. The van der Waals surface area contributed by atoms with Crippen molar-refractivity contribution in [2.45, 2.75) is 5.54 Å². The fourth-order valence-corrected chi connectivity index (χ4v) is 1.61. The number of nitrogens with zero attached hydrogens (tertiary/aromatic N) is 2. The first kappa shape index (κ1) is 43.6. The van der Waals surface area contributed by atoms with Crippen molar-refractivity contribution >= 4 is 31.2 Å². The zero-order chi connectivity index (χ0) is 25.9. The summed E-state index contributed by atoms with van der Waals surface area (Å²) in [4.78, 5) is 43.9. The van der Waals surface area contributed by atoms with E-state index in [0.717, 1.165) is 9.80 Å². The average molecular weight is 519 g/mol. The molecule has 0 aromatic carbocycles. The number of hydrogen-bond acceptors (Lipinski definition) is 15. The molecule has 0 saturated heterocycles. The number of carboxylic acid groups (broad SMARTS) is 4. The van der Waals surface area contributed by atoms with Gasteiger partial charge in [-0.25, -0.2) is 0 Å².